The van der Waals surface area contributed by atoms with Gasteiger partial charge in [0.05, 0.1) is 23.2 Å². The van der Waals surface area contributed by atoms with Crippen molar-refractivity contribution in [3.05, 3.63) is 72.2 Å². The van der Waals surface area contributed by atoms with Crippen LogP contribution in [0, 0.1) is 0 Å². The Morgan fingerprint density at radius 1 is 1.14 bits per heavy atom. The number of carbonyl (C=O) groups is 1. The van der Waals surface area contributed by atoms with E-state index in [1.807, 2.05) is 0 Å². The molecule has 0 spiro atoms. The summed E-state index contributed by atoms with van der Waals surface area (Å²) in [5, 5.41) is 13.0. The summed E-state index contributed by atoms with van der Waals surface area (Å²) in [5.74, 6) is -1.52. The lowest BCUT2D eigenvalue weighted by Gasteiger charge is -2.30. The van der Waals surface area contributed by atoms with Crippen LogP contribution >= 0.6 is 0 Å². The fourth-order valence-corrected chi connectivity index (χ4v) is 4.56. The largest absolute Gasteiger partial charge is 0.486 e. The summed E-state index contributed by atoms with van der Waals surface area (Å²) >= 11 is 0. The molecule has 8 heteroatoms. The first-order chi connectivity index (χ1) is 14.0. The molecule has 1 aliphatic heterocycles. The lowest BCUT2D eigenvalue weighted by molar-refractivity contribution is 0.0683. The fourth-order valence-electron chi connectivity index (χ4n) is 3.17. The molecule has 4 rings (SSSR count). The van der Waals surface area contributed by atoms with E-state index in [0.717, 1.165) is 0 Å². The molecule has 1 saturated heterocycles. The molecule has 7 nitrogen and oxygen atoms in total. The van der Waals surface area contributed by atoms with Crippen molar-refractivity contribution in [2.24, 2.45) is 0 Å². The number of carboxylic acids is 1. The average molecular weight is 413 g/mol. The number of furan rings is 1. The lowest BCUT2D eigenvalue weighted by Crippen LogP contribution is -2.50. The van der Waals surface area contributed by atoms with Gasteiger partial charge in [-0.1, -0.05) is 30.3 Å². The molecule has 2 heterocycles. The Hall–Kier alpha value is -3.10. The number of ether oxygens (including phenoxy) is 1. The van der Waals surface area contributed by atoms with Gasteiger partial charge in [0.1, 0.15) is 17.4 Å². The highest BCUT2D eigenvalue weighted by molar-refractivity contribution is 7.90. The summed E-state index contributed by atoms with van der Waals surface area (Å²) < 4.78 is 36.8. The van der Waals surface area contributed by atoms with Crippen LogP contribution in [0.1, 0.15) is 15.9 Å². The number of hydrogen-bond acceptors (Lipinski definition) is 6. The Morgan fingerprint density at radius 3 is 2.48 bits per heavy atom. The van der Waals surface area contributed by atoms with Gasteiger partial charge in [-0.2, -0.15) is 0 Å². The zero-order valence-electron chi connectivity index (χ0n) is 15.4. The van der Waals surface area contributed by atoms with Gasteiger partial charge >= 0.3 is 5.97 Å². The molecule has 0 atom stereocenters. The van der Waals surface area contributed by atoms with E-state index >= 15 is 0 Å². The van der Waals surface area contributed by atoms with Gasteiger partial charge in [-0.05, 0) is 23.8 Å². The summed E-state index contributed by atoms with van der Waals surface area (Å²) in [6.45, 7) is 1.19. The molecule has 1 aliphatic rings. The molecule has 1 aromatic heterocycles. The molecule has 0 radical (unpaired) electrons. The molecule has 29 heavy (non-hydrogen) atoms. The average Bonchev–Trinajstić information content (AvgIpc) is 3.19. The van der Waals surface area contributed by atoms with E-state index in [1.165, 1.54) is 30.7 Å². The predicted octanol–water partition coefficient (Wildman–Crippen LogP) is 2.97. The van der Waals surface area contributed by atoms with Crippen LogP contribution < -0.4 is 10.1 Å². The first kappa shape index (κ1) is 19.2. The van der Waals surface area contributed by atoms with Gasteiger partial charge in [0, 0.05) is 24.2 Å². The Labute approximate surface area is 167 Å². The van der Waals surface area contributed by atoms with Gasteiger partial charge < -0.3 is 19.6 Å². The van der Waals surface area contributed by atoms with E-state index in [-0.39, 0.29) is 27.9 Å². The zero-order valence-corrected chi connectivity index (χ0v) is 16.2. The topological polar surface area (TPSA) is 106 Å². The number of rotatable bonds is 7. The molecule has 2 N–H and O–H groups in total. The molecule has 0 bridgehead atoms. The summed E-state index contributed by atoms with van der Waals surface area (Å²) in [6, 6.07) is 12.9. The molecule has 1 fully saturated rings. The second kappa shape index (κ2) is 7.73. The van der Waals surface area contributed by atoms with Crippen LogP contribution in [0.25, 0.3) is 11.1 Å². The van der Waals surface area contributed by atoms with Crippen LogP contribution in [0.2, 0.25) is 0 Å². The van der Waals surface area contributed by atoms with Gasteiger partial charge in [-0.15, -0.1) is 0 Å². The number of benzene rings is 2. The number of aromatic carboxylic acids is 1. The molecular weight excluding hydrogens is 394 g/mol. The normalized spacial score (nSPS) is 14.3. The predicted molar refractivity (Wildman–Crippen MR) is 106 cm³/mol. The van der Waals surface area contributed by atoms with Crippen molar-refractivity contribution < 1.29 is 27.5 Å². The van der Waals surface area contributed by atoms with E-state index in [2.05, 4.69) is 5.32 Å². The second-order valence-corrected chi connectivity index (χ2v) is 8.75. The summed E-state index contributed by atoms with van der Waals surface area (Å²) in [4.78, 5) is 12.3. The highest BCUT2D eigenvalue weighted by Gasteiger charge is 2.29. The second-order valence-electron chi connectivity index (χ2n) is 6.76. The molecule has 150 valence electrons. The van der Waals surface area contributed by atoms with Crippen molar-refractivity contribution in [2.45, 2.75) is 16.8 Å². The summed E-state index contributed by atoms with van der Waals surface area (Å²) in [6.07, 6.45) is 2.80. The zero-order chi connectivity index (χ0) is 20.4. The van der Waals surface area contributed by atoms with Gasteiger partial charge in [0.2, 0.25) is 0 Å². The lowest BCUT2D eigenvalue weighted by atomic mass is 9.99. The highest BCUT2D eigenvalue weighted by atomic mass is 32.2. The summed E-state index contributed by atoms with van der Waals surface area (Å²) in [5.41, 5.74) is 1.24. The SMILES string of the molecule is O=C(O)c1c(CS(=O)(=O)c2ccccc2)ccc(-c2ccoc2)c1OC1CNC1. The highest BCUT2D eigenvalue weighted by Crippen LogP contribution is 2.38. The molecule has 0 amide bonds. The van der Waals surface area contributed by atoms with Gasteiger partial charge in [0.25, 0.3) is 0 Å². The maximum Gasteiger partial charge on any atom is 0.339 e. The molecule has 0 unspecified atom stereocenters. The maximum atomic E-state index is 12.8. The molecular formula is C21H19NO6S. The van der Waals surface area contributed by atoms with E-state index in [4.69, 9.17) is 9.15 Å². The first-order valence-electron chi connectivity index (χ1n) is 9.02. The van der Waals surface area contributed by atoms with Crippen LogP contribution in [0.5, 0.6) is 5.75 Å². The van der Waals surface area contributed by atoms with Crippen molar-refractivity contribution in [1.82, 2.24) is 5.32 Å². The Morgan fingerprint density at radius 2 is 1.90 bits per heavy atom. The number of hydrogen-bond donors (Lipinski definition) is 2. The van der Waals surface area contributed by atoms with Crippen LogP contribution in [-0.2, 0) is 15.6 Å². The molecule has 2 aromatic carbocycles. The van der Waals surface area contributed by atoms with Crippen LogP contribution in [0.4, 0.5) is 0 Å². The Kier molecular flexibility index (Phi) is 5.12. The number of carboxylic acid groups (broad SMARTS) is 1. The first-order valence-corrected chi connectivity index (χ1v) is 10.7. The third-order valence-electron chi connectivity index (χ3n) is 4.77. The smallest absolute Gasteiger partial charge is 0.339 e. The third-order valence-corrected chi connectivity index (χ3v) is 6.45. The maximum absolute atomic E-state index is 12.8. The van der Waals surface area contributed by atoms with Crippen molar-refractivity contribution in [2.75, 3.05) is 13.1 Å². The minimum absolute atomic E-state index is 0.140. The van der Waals surface area contributed by atoms with Crippen molar-refractivity contribution in [3.63, 3.8) is 0 Å². The molecule has 0 saturated carbocycles. The van der Waals surface area contributed by atoms with Crippen molar-refractivity contribution >= 4 is 15.8 Å². The van der Waals surface area contributed by atoms with Crippen molar-refractivity contribution in [1.29, 1.82) is 0 Å². The summed E-state index contributed by atoms with van der Waals surface area (Å²) in [7, 11) is -3.72. The van der Waals surface area contributed by atoms with E-state index < -0.39 is 21.6 Å². The molecule has 0 aliphatic carbocycles. The monoisotopic (exact) mass is 413 g/mol. The Balaban J connectivity index is 1.82. The number of nitrogens with one attached hydrogen (secondary N) is 1. The number of sulfone groups is 1. The van der Waals surface area contributed by atoms with E-state index in [9.17, 15) is 18.3 Å². The quantitative estimate of drug-likeness (QED) is 0.613. The fraction of sp³-hybridized carbons (Fsp3) is 0.190. The third kappa shape index (κ3) is 3.90. The molecule has 3 aromatic rings. The minimum atomic E-state index is -3.72. The van der Waals surface area contributed by atoms with E-state index in [0.29, 0.717) is 24.2 Å². The van der Waals surface area contributed by atoms with Crippen molar-refractivity contribution in [3.8, 4) is 16.9 Å². The Bertz CT molecular complexity index is 1120. The van der Waals surface area contributed by atoms with Gasteiger partial charge in [-0.3, -0.25) is 0 Å². The minimum Gasteiger partial charge on any atom is -0.486 e. The standard InChI is InChI=1S/C21H19NO6S/c23-21(24)19-15(13-29(25,26)17-4-2-1-3-5-17)6-7-18(14-8-9-27-12-14)20(19)28-16-10-22-11-16/h1-9,12,16,22H,10-11,13H2,(H,23,24). The van der Waals surface area contributed by atoms with E-state index in [1.54, 1.807) is 30.3 Å². The van der Waals surface area contributed by atoms with Gasteiger partial charge in [0.15, 0.2) is 9.84 Å². The van der Waals surface area contributed by atoms with Crippen LogP contribution in [0.3, 0.4) is 0 Å². The van der Waals surface area contributed by atoms with Crippen LogP contribution in [0.15, 0.2) is 70.4 Å². The van der Waals surface area contributed by atoms with Crippen LogP contribution in [-0.4, -0.2) is 38.7 Å². The van der Waals surface area contributed by atoms with Gasteiger partial charge in [-0.25, -0.2) is 13.2 Å².